The van der Waals surface area contributed by atoms with Crippen LogP contribution in [0.25, 0.3) is 22.6 Å². The molecule has 0 N–H and O–H groups in total. The molecular formula is C23H22N4O2. The number of aromatic nitrogens is 4. The minimum Gasteiger partial charge on any atom is -0.337 e. The summed E-state index contributed by atoms with van der Waals surface area (Å²) in [6.45, 7) is 6.34. The first-order chi connectivity index (χ1) is 14.0. The summed E-state index contributed by atoms with van der Waals surface area (Å²) in [6, 6.07) is 17.4. The fourth-order valence-corrected chi connectivity index (χ4v) is 3.07. The van der Waals surface area contributed by atoms with E-state index in [0.29, 0.717) is 11.7 Å². The molecule has 0 aliphatic heterocycles. The van der Waals surface area contributed by atoms with Gasteiger partial charge in [0.05, 0.1) is 5.69 Å². The van der Waals surface area contributed by atoms with Crippen molar-refractivity contribution in [1.82, 2.24) is 19.9 Å². The first-order valence-corrected chi connectivity index (χ1v) is 9.61. The summed E-state index contributed by atoms with van der Waals surface area (Å²) in [5, 5.41) is 8.53. The van der Waals surface area contributed by atoms with Gasteiger partial charge < -0.3 is 4.52 Å². The van der Waals surface area contributed by atoms with Crippen LogP contribution < -0.4 is 5.56 Å². The fraction of sp³-hybridized carbons (Fsp3) is 0.217. The molecule has 146 valence electrons. The predicted molar refractivity (Wildman–Crippen MR) is 112 cm³/mol. The molecule has 0 fully saturated rings. The summed E-state index contributed by atoms with van der Waals surface area (Å²) < 4.78 is 6.71. The van der Waals surface area contributed by atoms with E-state index in [4.69, 9.17) is 4.52 Å². The summed E-state index contributed by atoms with van der Waals surface area (Å²) in [4.78, 5) is 16.7. The molecule has 0 spiro atoms. The van der Waals surface area contributed by atoms with Crippen molar-refractivity contribution in [1.29, 1.82) is 0 Å². The van der Waals surface area contributed by atoms with E-state index in [-0.39, 0.29) is 12.1 Å². The van der Waals surface area contributed by atoms with E-state index < -0.39 is 0 Å². The van der Waals surface area contributed by atoms with Crippen LogP contribution >= 0.6 is 0 Å². The highest BCUT2D eigenvalue weighted by Gasteiger charge is 2.12. The van der Waals surface area contributed by atoms with Crippen molar-refractivity contribution in [2.45, 2.75) is 33.7 Å². The van der Waals surface area contributed by atoms with Crippen molar-refractivity contribution in [3.8, 4) is 22.6 Å². The number of hydrogen-bond acceptors (Lipinski definition) is 5. The number of rotatable bonds is 5. The monoisotopic (exact) mass is 386 g/mol. The standard InChI is InChI=1S/C23H22N4O2/c1-4-17-6-9-18(10-7-17)20-11-12-22(28)27(25-20)14-21-24-23(26-29-21)19-8-5-15(2)16(3)13-19/h5-13H,4,14H2,1-3H3. The Morgan fingerprint density at radius 1 is 0.931 bits per heavy atom. The zero-order valence-corrected chi connectivity index (χ0v) is 16.7. The second-order valence-corrected chi connectivity index (χ2v) is 7.08. The molecule has 6 nitrogen and oxygen atoms in total. The minimum absolute atomic E-state index is 0.123. The number of aryl methyl sites for hydroxylation is 3. The molecule has 2 aromatic carbocycles. The Hall–Kier alpha value is -3.54. The van der Waals surface area contributed by atoms with Gasteiger partial charge >= 0.3 is 0 Å². The van der Waals surface area contributed by atoms with Gasteiger partial charge in [-0.15, -0.1) is 0 Å². The molecule has 0 unspecified atom stereocenters. The van der Waals surface area contributed by atoms with Gasteiger partial charge in [-0.25, -0.2) is 4.68 Å². The molecule has 0 saturated heterocycles. The molecule has 0 radical (unpaired) electrons. The predicted octanol–water partition coefficient (Wildman–Crippen LogP) is 4.19. The maximum atomic E-state index is 12.3. The van der Waals surface area contributed by atoms with E-state index in [1.54, 1.807) is 6.07 Å². The summed E-state index contributed by atoms with van der Waals surface area (Å²) in [5.74, 6) is 0.841. The van der Waals surface area contributed by atoms with Crippen LogP contribution in [0.4, 0.5) is 0 Å². The Labute approximate surface area is 168 Å². The Bertz CT molecular complexity index is 1210. The summed E-state index contributed by atoms with van der Waals surface area (Å²) >= 11 is 0. The number of nitrogens with zero attached hydrogens (tertiary/aromatic N) is 4. The largest absolute Gasteiger partial charge is 0.337 e. The lowest BCUT2D eigenvalue weighted by Gasteiger charge is -2.06. The van der Waals surface area contributed by atoms with Crippen LogP contribution in [0, 0.1) is 13.8 Å². The van der Waals surface area contributed by atoms with E-state index in [1.807, 2.05) is 37.3 Å². The first-order valence-electron chi connectivity index (χ1n) is 9.61. The summed E-state index contributed by atoms with van der Waals surface area (Å²) in [7, 11) is 0. The lowest BCUT2D eigenvalue weighted by atomic mass is 10.1. The zero-order valence-electron chi connectivity index (χ0n) is 16.7. The highest BCUT2D eigenvalue weighted by molar-refractivity contribution is 5.59. The molecule has 0 aliphatic rings. The Morgan fingerprint density at radius 3 is 2.41 bits per heavy atom. The van der Waals surface area contributed by atoms with E-state index in [1.165, 1.54) is 21.9 Å². The maximum absolute atomic E-state index is 12.3. The third-order valence-corrected chi connectivity index (χ3v) is 5.04. The molecule has 0 bridgehead atoms. The zero-order chi connectivity index (χ0) is 20.4. The van der Waals surface area contributed by atoms with Crippen molar-refractivity contribution in [2.75, 3.05) is 0 Å². The molecule has 4 rings (SSSR count). The third-order valence-electron chi connectivity index (χ3n) is 5.04. The third kappa shape index (κ3) is 4.01. The lowest BCUT2D eigenvalue weighted by molar-refractivity contribution is 0.363. The van der Waals surface area contributed by atoms with E-state index in [0.717, 1.165) is 28.8 Å². The molecule has 2 aromatic heterocycles. The van der Waals surface area contributed by atoms with Crippen LogP contribution in [0.2, 0.25) is 0 Å². The van der Waals surface area contributed by atoms with Crippen LogP contribution in [0.3, 0.4) is 0 Å². The Morgan fingerprint density at radius 2 is 1.69 bits per heavy atom. The van der Waals surface area contributed by atoms with Gasteiger partial charge in [0.2, 0.25) is 11.7 Å². The quantitative estimate of drug-likeness (QED) is 0.514. The van der Waals surface area contributed by atoms with Crippen molar-refractivity contribution >= 4 is 0 Å². The summed E-state index contributed by atoms with van der Waals surface area (Å²) in [5.41, 5.74) is 5.97. The number of benzene rings is 2. The van der Waals surface area contributed by atoms with Crippen LogP contribution in [0.15, 0.2) is 63.9 Å². The molecule has 29 heavy (non-hydrogen) atoms. The first kappa shape index (κ1) is 18.8. The van der Waals surface area contributed by atoms with Crippen LogP contribution in [-0.4, -0.2) is 19.9 Å². The van der Waals surface area contributed by atoms with Crippen LogP contribution in [-0.2, 0) is 13.0 Å². The van der Waals surface area contributed by atoms with Crippen molar-refractivity contribution in [3.05, 3.63) is 87.5 Å². The van der Waals surface area contributed by atoms with Gasteiger partial charge in [-0.1, -0.05) is 48.5 Å². The Balaban J connectivity index is 1.60. The van der Waals surface area contributed by atoms with Crippen LogP contribution in [0.1, 0.15) is 29.5 Å². The van der Waals surface area contributed by atoms with E-state index >= 15 is 0 Å². The van der Waals surface area contributed by atoms with Gasteiger partial charge in [-0.05, 0) is 49.1 Å². The van der Waals surface area contributed by atoms with Gasteiger partial charge in [0.1, 0.15) is 6.54 Å². The van der Waals surface area contributed by atoms with Crippen LogP contribution in [0.5, 0.6) is 0 Å². The molecule has 6 heteroatoms. The SMILES string of the molecule is CCc1ccc(-c2ccc(=O)n(Cc3nc(-c4ccc(C)c(C)c4)no3)n2)cc1. The molecule has 0 amide bonds. The van der Waals surface area contributed by atoms with Gasteiger partial charge in [0.15, 0.2) is 0 Å². The van der Waals surface area contributed by atoms with Gasteiger partial charge in [0, 0.05) is 17.2 Å². The second kappa shape index (κ2) is 7.83. The van der Waals surface area contributed by atoms with Gasteiger partial charge in [0.25, 0.3) is 5.56 Å². The van der Waals surface area contributed by atoms with Gasteiger partial charge in [-0.2, -0.15) is 10.1 Å². The topological polar surface area (TPSA) is 73.8 Å². The summed E-state index contributed by atoms with van der Waals surface area (Å²) in [6.07, 6.45) is 0.979. The van der Waals surface area contributed by atoms with E-state index in [9.17, 15) is 4.79 Å². The number of hydrogen-bond donors (Lipinski definition) is 0. The molecule has 2 heterocycles. The lowest BCUT2D eigenvalue weighted by Crippen LogP contribution is -2.23. The van der Waals surface area contributed by atoms with Crippen molar-refractivity contribution in [2.24, 2.45) is 0 Å². The molecule has 4 aromatic rings. The molecule has 0 saturated carbocycles. The maximum Gasteiger partial charge on any atom is 0.267 e. The second-order valence-electron chi connectivity index (χ2n) is 7.08. The molecular weight excluding hydrogens is 364 g/mol. The average Bonchev–Trinajstić information content (AvgIpc) is 3.20. The highest BCUT2D eigenvalue weighted by Crippen LogP contribution is 2.20. The fourth-order valence-electron chi connectivity index (χ4n) is 3.07. The molecule has 0 aliphatic carbocycles. The average molecular weight is 386 g/mol. The Kier molecular flexibility index (Phi) is 5.08. The van der Waals surface area contributed by atoms with E-state index in [2.05, 4.69) is 41.2 Å². The highest BCUT2D eigenvalue weighted by atomic mass is 16.5. The molecule has 0 atom stereocenters. The van der Waals surface area contributed by atoms with Crippen molar-refractivity contribution < 1.29 is 4.52 Å². The normalized spacial score (nSPS) is 11.0. The minimum atomic E-state index is -0.218. The smallest absolute Gasteiger partial charge is 0.267 e. The van der Waals surface area contributed by atoms with Gasteiger partial charge in [-0.3, -0.25) is 4.79 Å². The van der Waals surface area contributed by atoms with Crippen molar-refractivity contribution in [3.63, 3.8) is 0 Å².